The Balaban J connectivity index is 2.12. The number of hydrogen-bond acceptors (Lipinski definition) is 6. The van der Waals surface area contributed by atoms with E-state index in [1.807, 2.05) is 18.4 Å². The highest BCUT2D eigenvalue weighted by molar-refractivity contribution is 7.99. The van der Waals surface area contributed by atoms with Crippen LogP contribution >= 0.6 is 11.8 Å². The molecule has 1 saturated heterocycles. The quantitative estimate of drug-likeness (QED) is 0.577. The number of rotatable bonds is 7. The second kappa shape index (κ2) is 7.48. The van der Waals surface area contributed by atoms with Gasteiger partial charge in [0.25, 0.3) is 0 Å². The predicted octanol–water partition coefficient (Wildman–Crippen LogP) is 0.983. The van der Waals surface area contributed by atoms with Crippen molar-refractivity contribution in [2.45, 2.75) is 43.9 Å². The van der Waals surface area contributed by atoms with Crippen molar-refractivity contribution in [3.63, 3.8) is 0 Å². The number of carbonyl (C=O) groups is 1. The standard InChI is InChI=1S/C14H22N4O3S2/c1-4-6-18-13(11-5-7-23(20,21)9-11)16-17-14(18)22-8-12(19)15-10(2)3/h4,10-11H,1,5-9H2,2-3H3,(H,15,19)/t11-/m1/s1. The van der Waals surface area contributed by atoms with E-state index in [0.717, 1.165) is 0 Å². The summed E-state index contributed by atoms with van der Waals surface area (Å²) in [4.78, 5) is 11.8. The third-order valence-electron chi connectivity index (χ3n) is 3.44. The molecule has 128 valence electrons. The first-order valence-corrected chi connectivity index (χ1v) is 10.3. The van der Waals surface area contributed by atoms with E-state index in [9.17, 15) is 13.2 Å². The number of hydrogen-bond donors (Lipinski definition) is 1. The molecule has 1 N–H and O–H groups in total. The van der Waals surface area contributed by atoms with Gasteiger partial charge in [-0.1, -0.05) is 17.8 Å². The molecule has 1 amide bonds. The summed E-state index contributed by atoms with van der Waals surface area (Å²) < 4.78 is 25.2. The molecule has 1 atom stereocenters. The van der Waals surface area contributed by atoms with Crippen LogP contribution in [-0.4, -0.2) is 52.4 Å². The summed E-state index contributed by atoms with van der Waals surface area (Å²) in [5.74, 6) is 1.02. The summed E-state index contributed by atoms with van der Waals surface area (Å²) in [6.07, 6.45) is 2.28. The molecule has 1 aromatic rings. The van der Waals surface area contributed by atoms with Crippen LogP contribution in [0.1, 0.15) is 32.0 Å². The molecule has 1 aromatic heterocycles. The van der Waals surface area contributed by atoms with Crippen molar-refractivity contribution in [1.29, 1.82) is 0 Å². The summed E-state index contributed by atoms with van der Waals surface area (Å²) >= 11 is 1.30. The van der Waals surface area contributed by atoms with Crippen LogP contribution < -0.4 is 5.32 Å². The number of aromatic nitrogens is 3. The maximum absolute atomic E-state index is 11.8. The SMILES string of the molecule is C=CCn1c(SCC(=O)NC(C)C)nnc1[C@@H]1CCS(=O)(=O)C1. The maximum Gasteiger partial charge on any atom is 0.230 e. The van der Waals surface area contributed by atoms with E-state index in [1.165, 1.54) is 11.8 Å². The molecular formula is C14H22N4O3S2. The Hall–Kier alpha value is -1.35. The zero-order valence-corrected chi connectivity index (χ0v) is 15.0. The van der Waals surface area contributed by atoms with Gasteiger partial charge in [0.1, 0.15) is 5.82 Å². The van der Waals surface area contributed by atoms with Crippen LogP contribution in [-0.2, 0) is 21.2 Å². The topological polar surface area (TPSA) is 93.9 Å². The van der Waals surface area contributed by atoms with Crippen LogP contribution in [0.3, 0.4) is 0 Å². The number of carbonyl (C=O) groups excluding carboxylic acids is 1. The van der Waals surface area contributed by atoms with E-state index in [1.54, 1.807) is 6.08 Å². The maximum atomic E-state index is 11.8. The van der Waals surface area contributed by atoms with Crippen LogP contribution in [0.15, 0.2) is 17.8 Å². The van der Waals surface area contributed by atoms with Crippen LogP contribution in [0.5, 0.6) is 0 Å². The van der Waals surface area contributed by atoms with E-state index >= 15 is 0 Å². The van der Waals surface area contributed by atoms with Crippen molar-refractivity contribution < 1.29 is 13.2 Å². The lowest BCUT2D eigenvalue weighted by Crippen LogP contribution is -2.31. The van der Waals surface area contributed by atoms with Crippen molar-refractivity contribution in [1.82, 2.24) is 20.1 Å². The number of amides is 1. The average Bonchev–Trinajstić information content (AvgIpc) is 2.99. The van der Waals surface area contributed by atoms with Crippen molar-refractivity contribution in [2.24, 2.45) is 0 Å². The summed E-state index contributed by atoms with van der Waals surface area (Å²) in [6, 6.07) is 0.0911. The van der Waals surface area contributed by atoms with Gasteiger partial charge in [-0.2, -0.15) is 0 Å². The van der Waals surface area contributed by atoms with Gasteiger partial charge in [-0.25, -0.2) is 8.42 Å². The zero-order chi connectivity index (χ0) is 17.0. The Kier molecular flexibility index (Phi) is 5.85. The van der Waals surface area contributed by atoms with E-state index < -0.39 is 9.84 Å². The summed E-state index contributed by atoms with van der Waals surface area (Å²) in [5, 5.41) is 11.7. The molecule has 0 aromatic carbocycles. The van der Waals surface area contributed by atoms with Crippen molar-refractivity contribution in [3.8, 4) is 0 Å². The highest BCUT2D eigenvalue weighted by Crippen LogP contribution is 2.30. The highest BCUT2D eigenvalue weighted by Gasteiger charge is 2.33. The molecule has 7 nitrogen and oxygen atoms in total. The normalized spacial score (nSPS) is 19.9. The molecule has 0 radical (unpaired) electrons. The third kappa shape index (κ3) is 4.81. The summed E-state index contributed by atoms with van der Waals surface area (Å²) in [7, 11) is -2.98. The number of allylic oxidation sites excluding steroid dienone is 1. The largest absolute Gasteiger partial charge is 0.353 e. The first kappa shape index (κ1) is 18.0. The molecular weight excluding hydrogens is 336 g/mol. The Morgan fingerprint density at radius 1 is 1.52 bits per heavy atom. The Labute approximate surface area is 140 Å². The van der Waals surface area contributed by atoms with Crippen LogP contribution in [0.4, 0.5) is 0 Å². The van der Waals surface area contributed by atoms with E-state index in [0.29, 0.717) is 23.9 Å². The van der Waals surface area contributed by atoms with Crippen molar-refractivity contribution in [2.75, 3.05) is 17.3 Å². The molecule has 23 heavy (non-hydrogen) atoms. The lowest BCUT2D eigenvalue weighted by molar-refractivity contribution is -0.119. The second-order valence-corrected chi connectivity index (χ2v) is 9.02. The minimum Gasteiger partial charge on any atom is -0.353 e. The smallest absolute Gasteiger partial charge is 0.230 e. The molecule has 0 bridgehead atoms. The van der Waals surface area contributed by atoms with Gasteiger partial charge >= 0.3 is 0 Å². The zero-order valence-electron chi connectivity index (χ0n) is 13.4. The monoisotopic (exact) mass is 358 g/mol. The molecule has 0 unspecified atom stereocenters. The average molecular weight is 358 g/mol. The minimum atomic E-state index is -2.98. The Morgan fingerprint density at radius 2 is 2.26 bits per heavy atom. The number of nitrogens with one attached hydrogen (secondary N) is 1. The van der Waals surface area contributed by atoms with Crippen LogP contribution in [0.2, 0.25) is 0 Å². The van der Waals surface area contributed by atoms with Gasteiger partial charge in [-0.3, -0.25) is 4.79 Å². The summed E-state index contributed by atoms with van der Waals surface area (Å²) in [6.45, 7) is 8.03. The minimum absolute atomic E-state index is 0.0665. The predicted molar refractivity (Wildman–Crippen MR) is 90.2 cm³/mol. The van der Waals surface area contributed by atoms with E-state index in [4.69, 9.17) is 0 Å². The van der Waals surface area contributed by atoms with E-state index in [-0.39, 0.29) is 35.1 Å². The fourth-order valence-corrected chi connectivity index (χ4v) is 5.01. The van der Waals surface area contributed by atoms with Gasteiger partial charge in [0.05, 0.1) is 17.3 Å². The molecule has 0 saturated carbocycles. The fraction of sp³-hybridized carbons (Fsp3) is 0.643. The molecule has 9 heteroatoms. The molecule has 1 aliphatic rings. The van der Waals surface area contributed by atoms with Gasteiger partial charge in [-0.05, 0) is 20.3 Å². The van der Waals surface area contributed by atoms with Crippen molar-refractivity contribution in [3.05, 3.63) is 18.5 Å². The lowest BCUT2D eigenvalue weighted by Gasteiger charge is -2.11. The lowest BCUT2D eigenvalue weighted by atomic mass is 10.1. The van der Waals surface area contributed by atoms with Crippen LogP contribution in [0, 0.1) is 0 Å². The van der Waals surface area contributed by atoms with Gasteiger partial charge in [0.15, 0.2) is 15.0 Å². The molecule has 1 fully saturated rings. The van der Waals surface area contributed by atoms with Gasteiger partial charge in [0.2, 0.25) is 5.91 Å². The van der Waals surface area contributed by atoms with Gasteiger partial charge in [0, 0.05) is 18.5 Å². The first-order valence-electron chi connectivity index (χ1n) is 7.49. The Morgan fingerprint density at radius 3 is 2.83 bits per heavy atom. The Bertz CT molecular complexity index is 682. The molecule has 0 spiro atoms. The van der Waals surface area contributed by atoms with Gasteiger partial charge in [-0.15, -0.1) is 16.8 Å². The van der Waals surface area contributed by atoms with Crippen LogP contribution in [0.25, 0.3) is 0 Å². The molecule has 0 aliphatic carbocycles. The van der Waals surface area contributed by atoms with E-state index in [2.05, 4.69) is 22.1 Å². The molecule has 2 heterocycles. The summed E-state index contributed by atoms with van der Waals surface area (Å²) in [5.41, 5.74) is 0. The van der Waals surface area contributed by atoms with Crippen molar-refractivity contribution >= 4 is 27.5 Å². The number of sulfone groups is 1. The third-order valence-corrected chi connectivity index (χ3v) is 6.17. The molecule has 2 rings (SSSR count). The fourth-order valence-electron chi connectivity index (χ4n) is 2.50. The molecule has 1 aliphatic heterocycles. The number of thioether (sulfide) groups is 1. The second-order valence-electron chi connectivity index (χ2n) is 5.85. The highest BCUT2D eigenvalue weighted by atomic mass is 32.2. The number of nitrogens with zero attached hydrogens (tertiary/aromatic N) is 3. The van der Waals surface area contributed by atoms with Gasteiger partial charge < -0.3 is 9.88 Å². The first-order chi connectivity index (χ1) is 10.8.